The van der Waals surface area contributed by atoms with Gasteiger partial charge in [-0.15, -0.1) is 0 Å². The van der Waals surface area contributed by atoms with Crippen LogP contribution in [0.5, 0.6) is 0 Å². The molecule has 0 amide bonds. The van der Waals surface area contributed by atoms with Crippen LogP contribution in [0.1, 0.15) is 55.0 Å². The minimum Gasteiger partial charge on any atom is -0.326 e. The van der Waals surface area contributed by atoms with E-state index in [1.807, 2.05) is 0 Å². The number of aromatic nitrogens is 1. The molecule has 0 aliphatic heterocycles. The molecule has 2 N–H and O–H groups in total. The highest BCUT2D eigenvalue weighted by Crippen LogP contribution is 2.36. The highest BCUT2D eigenvalue weighted by atomic mass is 16.1. The molecule has 1 aromatic heterocycles. The fourth-order valence-electron chi connectivity index (χ4n) is 2.93. The lowest BCUT2D eigenvalue weighted by molar-refractivity contribution is 0.630. The number of fused-ring (bicyclic) bond motifs is 1. The van der Waals surface area contributed by atoms with E-state index in [9.17, 15) is 4.79 Å². The molecule has 3 nitrogen and oxygen atoms in total. The lowest BCUT2D eigenvalue weighted by Gasteiger charge is -2.16. The normalized spacial score (nSPS) is 19.8. The van der Waals surface area contributed by atoms with Crippen molar-refractivity contribution in [3.63, 3.8) is 0 Å². The molecule has 1 fully saturated rings. The van der Waals surface area contributed by atoms with Gasteiger partial charge in [0.15, 0.2) is 0 Å². The summed E-state index contributed by atoms with van der Waals surface area (Å²) in [7, 11) is 0. The van der Waals surface area contributed by atoms with Crippen LogP contribution in [0.2, 0.25) is 0 Å². The minimum atomic E-state index is 0.177. The third kappa shape index (κ3) is 1.93. The Bertz CT molecular complexity index is 486. The highest BCUT2D eigenvalue weighted by molar-refractivity contribution is 5.29. The van der Waals surface area contributed by atoms with Gasteiger partial charge in [0.2, 0.25) is 0 Å². The van der Waals surface area contributed by atoms with Gasteiger partial charge in [-0.25, -0.2) is 0 Å². The molecule has 0 saturated heterocycles. The van der Waals surface area contributed by atoms with Gasteiger partial charge in [-0.3, -0.25) is 4.79 Å². The number of nitrogens with two attached hydrogens (primary N) is 1. The van der Waals surface area contributed by atoms with Crippen LogP contribution < -0.4 is 11.3 Å². The second kappa shape index (κ2) is 4.30. The van der Waals surface area contributed by atoms with E-state index in [1.165, 1.54) is 43.4 Å². The van der Waals surface area contributed by atoms with E-state index in [2.05, 4.69) is 10.6 Å². The topological polar surface area (TPSA) is 48.0 Å². The minimum absolute atomic E-state index is 0.177. The first-order chi connectivity index (χ1) is 8.31. The van der Waals surface area contributed by atoms with E-state index >= 15 is 0 Å². The second-order valence-corrected chi connectivity index (χ2v) is 5.31. The third-order valence-electron chi connectivity index (χ3n) is 4.00. The molecule has 92 valence electrons. The fraction of sp³-hybridized carbons (Fsp3) is 0.643. The largest absolute Gasteiger partial charge is 0.326 e. The lowest BCUT2D eigenvalue weighted by Crippen LogP contribution is -2.28. The van der Waals surface area contributed by atoms with Gasteiger partial charge in [-0.1, -0.05) is 6.42 Å². The lowest BCUT2D eigenvalue weighted by atomic mass is 10.1. The van der Waals surface area contributed by atoms with Gasteiger partial charge in [0.25, 0.3) is 5.56 Å². The van der Waals surface area contributed by atoms with Crippen LogP contribution in [0.3, 0.4) is 0 Å². The van der Waals surface area contributed by atoms with Gasteiger partial charge in [0.05, 0.1) is 0 Å². The molecule has 0 bridgehead atoms. The molecule has 0 radical (unpaired) electrons. The van der Waals surface area contributed by atoms with E-state index in [0.29, 0.717) is 12.6 Å². The van der Waals surface area contributed by atoms with E-state index in [1.54, 1.807) is 0 Å². The number of hydrogen-bond donors (Lipinski definition) is 1. The summed E-state index contributed by atoms with van der Waals surface area (Å²) in [6.45, 7) is 0.374. The summed E-state index contributed by atoms with van der Waals surface area (Å²) < 4.78 is 2.07. The van der Waals surface area contributed by atoms with Crippen molar-refractivity contribution in [1.82, 2.24) is 4.57 Å². The molecule has 1 aromatic rings. The molecule has 17 heavy (non-hydrogen) atoms. The molecule has 3 rings (SSSR count). The molecule has 1 heterocycles. The summed E-state index contributed by atoms with van der Waals surface area (Å²) in [5.41, 5.74) is 9.37. The number of pyridine rings is 1. The first-order valence-electron chi connectivity index (χ1n) is 6.77. The first-order valence-corrected chi connectivity index (χ1v) is 6.77. The summed E-state index contributed by atoms with van der Waals surface area (Å²) in [5.74, 6) is 0. The Balaban J connectivity index is 2.18. The Morgan fingerprint density at radius 1 is 1.24 bits per heavy atom. The Hall–Kier alpha value is -1.09. The first kappa shape index (κ1) is 11.0. The maximum absolute atomic E-state index is 12.3. The van der Waals surface area contributed by atoms with Crippen LogP contribution in [0.15, 0.2) is 10.9 Å². The van der Waals surface area contributed by atoms with Gasteiger partial charge >= 0.3 is 0 Å². The van der Waals surface area contributed by atoms with Crippen LogP contribution in [-0.4, -0.2) is 4.57 Å². The molecule has 0 spiro atoms. The van der Waals surface area contributed by atoms with Crippen molar-refractivity contribution < 1.29 is 0 Å². The average molecular weight is 232 g/mol. The van der Waals surface area contributed by atoms with Crippen LogP contribution in [-0.2, 0) is 19.4 Å². The monoisotopic (exact) mass is 232 g/mol. The van der Waals surface area contributed by atoms with Crippen molar-refractivity contribution in [2.75, 3.05) is 0 Å². The molecule has 2 aliphatic carbocycles. The van der Waals surface area contributed by atoms with Gasteiger partial charge < -0.3 is 10.3 Å². The van der Waals surface area contributed by atoms with Crippen molar-refractivity contribution >= 4 is 0 Å². The number of nitrogens with zero attached hydrogens (tertiary/aromatic N) is 1. The summed E-state index contributed by atoms with van der Waals surface area (Å²) >= 11 is 0. The molecule has 3 heteroatoms. The third-order valence-corrected chi connectivity index (χ3v) is 4.00. The summed E-state index contributed by atoms with van der Waals surface area (Å²) in [6.07, 6.45) is 8.29. The highest BCUT2D eigenvalue weighted by Gasteiger charge is 2.29. The predicted molar refractivity (Wildman–Crippen MR) is 68.1 cm³/mol. The smallest absolute Gasteiger partial charge is 0.255 e. The SMILES string of the molecule is NCc1cc2c(n(C3CC3)c1=O)CCCCC2. The second-order valence-electron chi connectivity index (χ2n) is 5.31. The van der Waals surface area contributed by atoms with E-state index in [0.717, 1.165) is 18.4 Å². The zero-order chi connectivity index (χ0) is 11.8. The zero-order valence-electron chi connectivity index (χ0n) is 10.2. The maximum Gasteiger partial charge on any atom is 0.255 e. The van der Waals surface area contributed by atoms with Crippen molar-refractivity contribution in [3.8, 4) is 0 Å². The standard InChI is InChI=1S/C14H20N2O/c15-9-11-8-10-4-2-1-3-5-13(10)16(14(11)17)12-6-7-12/h8,12H,1-7,9,15H2. The Morgan fingerprint density at radius 3 is 2.71 bits per heavy atom. The van der Waals surface area contributed by atoms with Gasteiger partial charge in [-0.05, 0) is 50.2 Å². The van der Waals surface area contributed by atoms with Gasteiger partial charge in [0, 0.05) is 23.8 Å². The van der Waals surface area contributed by atoms with Crippen molar-refractivity contribution in [1.29, 1.82) is 0 Å². The van der Waals surface area contributed by atoms with Crippen molar-refractivity contribution in [2.24, 2.45) is 5.73 Å². The fourth-order valence-corrected chi connectivity index (χ4v) is 2.93. The Kier molecular flexibility index (Phi) is 2.79. The molecular formula is C14H20N2O. The van der Waals surface area contributed by atoms with Gasteiger partial charge in [0.1, 0.15) is 0 Å². The number of aryl methyl sites for hydroxylation is 1. The van der Waals surface area contributed by atoms with E-state index < -0.39 is 0 Å². The average Bonchev–Trinajstić information content (AvgIpc) is 3.14. The Morgan fingerprint density at radius 2 is 2.00 bits per heavy atom. The van der Waals surface area contributed by atoms with E-state index in [4.69, 9.17) is 5.73 Å². The van der Waals surface area contributed by atoms with Crippen LogP contribution in [0.25, 0.3) is 0 Å². The van der Waals surface area contributed by atoms with Crippen molar-refractivity contribution in [2.45, 2.75) is 57.5 Å². The van der Waals surface area contributed by atoms with Gasteiger partial charge in [-0.2, -0.15) is 0 Å². The van der Waals surface area contributed by atoms with Crippen LogP contribution in [0.4, 0.5) is 0 Å². The molecule has 0 unspecified atom stereocenters. The Labute approximate surface area is 102 Å². The zero-order valence-corrected chi connectivity index (χ0v) is 10.2. The van der Waals surface area contributed by atoms with Crippen molar-refractivity contribution in [3.05, 3.63) is 33.2 Å². The predicted octanol–water partition coefficient (Wildman–Crippen LogP) is 1.91. The molecule has 2 aliphatic rings. The molecule has 0 aromatic carbocycles. The quantitative estimate of drug-likeness (QED) is 0.792. The molecule has 0 atom stereocenters. The van der Waals surface area contributed by atoms with E-state index in [-0.39, 0.29) is 5.56 Å². The van der Waals surface area contributed by atoms with Crippen LogP contribution in [0, 0.1) is 0 Å². The molecular weight excluding hydrogens is 212 g/mol. The number of rotatable bonds is 2. The van der Waals surface area contributed by atoms with Crippen LogP contribution >= 0.6 is 0 Å². The summed E-state index contributed by atoms with van der Waals surface area (Å²) in [4.78, 5) is 12.3. The number of hydrogen-bond acceptors (Lipinski definition) is 2. The summed E-state index contributed by atoms with van der Waals surface area (Å²) in [5, 5.41) is 0. The maximum atomic E-state index is 12.3. The summed E-state index contributed by atoms with van der Waals surface area (Å²) in [6, 6.07) is 2.54. The molecule has 1 saturated carbocycles.